The van der Waals surface area contributed by atoms with Gasteiger partial charge >= 0.3 is 13.5 Å². The van der Waals surface area contributed by atoms with Crippen molar-refractivity contribution in [2.24, 2.45) is 0 Å². The number of hydrogen-bond donors (Lipinski definition) is 4. The molecule has 0 radical (unpaired) electrons. The summed E-state index contributed by atoms with van der Waals surface area (Å²) >= 11 is 0. The van der Waals surface area contributed by atoms with Gasteiger partial charge in [-0.05, 0) is 56.2 Å². The highest BCUT2D eigenvalue weighted by Crippen LogP contribution is 2.45. The first-order valence-corrected chi connectivity index (χ1v) is 16.5. The highest BCUT2D eigenvalue weighted by Gasteiger charge is 2.30. The molecule has 3 aromatic carbocycles. The van der Waals surface area contributed by atoms with E-state index in [4.69, 9.17) is 9.26 Å². The first-order valence-electron chi connectivity index (χ1n) is 14.7. The molecule has 5 aromatic rings. The van der Waals surface area contributed by atoms with Crippen LogP contribution in [0.15, 0.2) is 79.1 Å². The van der Waals surface area contributed by atoms with E-state index in [1.54, 1.807) is 67.7 Å². The van der Waals surface area contributed by atoms with Crippen LogP contribution in [0, 0.1) is 5.82 Å². The number of amides is 1. The molecule has 1 unspecified atom stereocenters. The molecule has 0 aliphatic heterocycles. The molecule has 0 fully saturated rings. The van der Waals surface area contributed by atoms with Crippen LogP contribution in [0.5, 0.6) is 17.4 Å². The number of carbonyl (C=O) groups excluding carboxylic acids is 2. The summed E-state index contributed by atoms with van der Waals surface area (Å²) in [6.07, 6.45) is 3.22. The fourth-order valence-corrected chi connectivity index (χ4v) is 7.17. The summed E-state index contributed by atoms with van der Waals surface area (Å²) in [6.45, 7) is 3.62. The van der Waals surface area contributed by atoms with Crippen molar-refractivity contribution in [3.05, 3.63) is 96.1 Å². The van der Waals surface area contributed by atoms with Crippen LogP contribution in [0.25, 0.3) is 21.7 Å². The molecule has 0 saturated carbocycles. The highest BCUT2D eigenvalue weighted by molar-refractivity contribution is 7.57. The average Bonchev–Trinajstić information content (AvgIpc) is 3.36. The van der Waals surface area contributed by atoms with Gasteiger partial charge in [-0.25, -0.2) is 9.48 Å². The predicted octanol–water partition coefficient (Wildman–Crippen LogP) is 5.72. The minimum atomic E-state index is -3.64. The maximum atomic E-state index is 13.9. The van der Waals surface area contributed by atoms with Crippen LogP contribution in [0.2, 0.25) is 0 Å². The Labute approximate surface area is 264 Å². The number of nitrogens with one attached hydrogen (secondary N) is 2. The molecular formula is C33H34FN4O7P. The van der Waals surface area contributed by atoms with Crippen LogP contribution in [0.1, 0.15) is 36.2 Å². The lowest BCUT2D eigenvalue weighted by Gasteiger charge is -2.23. The van der Waals surface area contributed by atoms with Crippen molar-refractivity contribution in [1.29, 1.82) is 0 Å². The zero-order valence-electron chi connectivity index (χ0n) is 25.3. The van der Waals surface area contributed by atoms with Gasteiger partial charge in [0.1, 0.15) is 23.1 Å². The normalized spacial score (nSPS) is 13.3. The average molecular weight is 649 g/mol. The molecule has 0 aliphatic rings. The van der Waals surface area contributed by atoms with Gasteiger partial charge in [-0.1, -0.05) is 36.4 Å². The number of aromatic nitrogens is 2. The van der Waals surface area contributed by atoms with Gasteiger partial charge in [-0.3, -0.25) is 19.1 Å². The minimum Gasteiger partial charge on any atom is -0.505 e. The maximum Gasteiger partial charge on any atom is 0.323 e. The van der Waals surface area contributed by atoms with Gasteiger partial charge in [0.05, 0.1) is 30.3 Å². The Balaban J connectivity index is 1.38. The third kappa shape index (κ3) is 7.14. The smallest absolute Gasteiger partial charge is 0.323 e. The predicted molar refractivity (Wildman–Crippen MR) is 172 cm³/mol. The molecule has 5 rings (SSSR count). The fraction of sp³-hybridized carbons (Fsp3) is 0.242. The van der Waals surface area contributed by atoms with Crippen LogP contribution in [0.3, 0.4) is 0 Å². The molecule has 2 aromatic heterocycles. The summed E-state index contributed by atoms with van der Waals surface area (Å²) in [7, 11) is -3.64. The zero-order chi connectivity index (χ0) is 32.8. The number of nitrogens with zero attached hydrogens (tertiary/aromatic N) is 2. The van der Waals surface area contributed by atoms with Gasteiger partial charge < -0.3 is 29.4 Å². The Morgan fingerprint density at radius 1 is 1.04 bits per heavy atom. The number of pyridine rings is 1. The molecule has 240 valence electrons. The van der Waals surface area contributed by atoms with E-state index in [-0.39, 0.29) is 65.8 Å². The third-order valence-corrected chi connectivity index (χ3v) is 9.48. The van der Waals surface area contributed by atoms with E-state index in [1.807, 2.05) is 0 Å². The third-order valence-electron chi connectivity index (χ3n) is 7.29. The van der Waals surface area contributed by atoms with Crippen LogP contribution in [0.4, 0.5) is 4.39 Å². The van der Waals surface area contributed by atoms with Crippen molar-refractivity contribution < 1.29 is 38.0 Å². The van der Waals surface area contributed by atoms with E-state index in [0.29, 0.717) is 16.7 Å². The Hall–Kier alpha value is -4.93. The second-order valence-corrected chi connectivity index (χ2v) is 12.9. The lowest BCUT2D eigenvalue weighted by molar-refractivity contribution is -0.144. The number of phenolic OH excluding ortho intramolecular Hbond substituents is 1. The van der Waals surface area contributed by atoms with Gasteiger partial charge in [-0.15, -0.1) is 0 Å². The number of phenols is 1. The molecular weight excluding hydrogens is 614 g/mol. The van der Waals surface area contributed by atoms with Crippen molar-refractivity contribution in [2.75, 3.05) is 19.3 Å². The van der Waals surface area contributed by atoms with Gasteiger partial charge in [0.2, 0.25) is 5.88 Å². The highest BCUT2D eigenvalue weighted by atomic mass is 31.2. The second-order valence-electron chi connectivity index (χ2n) is 10.6. The number of hydrogen-bond acceptors (Lipinski definition) is 8. The van der Waals surface area contributed by atoms with E-state index >= 15 is 0 Å². The molecule has 0 saturated heterocycles. The zero-order valence-corrected chi connectivity index (χ0v) is 26.2. The van der Waals surface area contributed by atoms with Crippen LogP contribution >= 0.6 is 7.52 Å². The standard InChI is InChI=1S/C33H34FN4O7P/c1-3-44-33(42)21(2)37-46(43,45-24-9-5-4-6-10-24)18-8-17-36-31(40)27-25-11-7-16-35-29(25)30(39)28-26(27)20-38(32(28)41)19-22-12-14-23(34)15-13-22/h4-7,9-16,20-21,39,41H,3,8,17-19H2,1-2H3,(H,36,40)(H,37,43)/t21-,46?/m0/s1. The Kier molecular flexibility index (Phi) is 9.89. The molecule has 0 bridgehead atoms. The lowest BCUT2D eigenvalue weighted by atomic mass is 10.0. The first-order chi connectivity index (χ1) is 22.1. The number of rotatable bonds is 13. The SMILES string of the molecule is CCOC(=O)[C@H](C)NP(=O)(CCCNC(=O)c1c2cccnc2c(O)c2c(O)n(Cc3ccc(F)cc3)cc12)Oc1ccccc1. The number of esters is 1. The van der Waals surface area contributed by atoms with Crippen LogP contribution in [-0.2, 0) is 20.6 Å². The van der Waals surface area contributed by atoms with Crippen molar-refractivity contribution >= 4 is 41.1 Å². The fourth-order valence-electron chi connectivity index (χ4n) is 5.16. The number of benzene rings is 3. The van der Waals surface area contributed by atoms with Gasteiger partial charge in [0.25, 0.3) is 5.91 Å². The maximum absolute atomic E-state index is 13.9. The molecule has 11 nitrogen and oxygen atoms in total. The van der Waals surface area contributed by atoms with Crippen molar-refractivity contribution in [2.45, 2.75) is 32.9 Å². The van der Waals surface area contributed by atoms with E-state index in [0.717, 1.165) is 0 Å². The summed E-state index contributed by atoms with van der Waals surface area (Å²) in [4.78, 5) is 30.2. The molecule has 2 heterocycles. The van der Waals surface area contributed by atoms with Crippen molar-refractivity contribution in [3.8, 4) is 17.4 Å². The number of aromatic hydroxyl groups is 2. The number of carbonyl (C=O) groups is 2. The van der Waals surface area contributed by atoms with Crippen LogP contribution in [-0.4, -0.2) is 57.0 Å². The minimum absolute atomic E-state index is 0.0198. The summed E-state index contributed by atoms with van der Waals surface area (Å²) < 4.78 is 39.6. The monoisotopic (exact) mass is 648 g/mol. The van der Waals surface area contributed by atoms with E-state index < -0.39 is 31.3 Å². The first kappa shape index (κ1) is 32.5. The van der Waals surface area contributed by atoms with Crippen molar-refractivity contribution in [1.82, 2.24) is 20.0 Å². The number of halogens is 1. The Morgan fingerprint density at radius 2 is 1.78 bits per heavy atom. The number of ether oxygens (including phenoxy) is 1. The second kappa shape index (κ2) is 14.0. The topological polar surface area (TPSA) is 152 Å². The molecule has 46 heavy (non-hydrogen) atoms. The lowest BCUT2D eigenvalue weighted by Crippen LogP contribution is -2.35. The van der Waals surface area contributed by atoms with E-state index in [9.17, 15) is 28.8 Å². The van der Waals surface area contributed by atoms with Gasteiger partial charge in [-0.2, -0.15) is 0 Å². The quantitative estimate of drug-likeness (QED) is 0.0714. The molecule has 1 amide bonds. The molecule has 0 spiro atoms. The van der Waals surface area contributed by atoms with Gasteiger partial charge in [0.15, 0.2) is 5.75 Å². The summed E-state index contributed by atoms with van der Waals surface area (Å²) in [5.74, 6) is -1.68. The largest absolute Gasteiger partial charge is 0.505 e. The van der Waals surface area contributed by atoms with Gasteiger partial charge in [0, 0.05) is 29.7 Å². The summed E-state index contributed by atoms with van der Waals surface area (Å²) in [6, 6.07) is 16.7. The summed E-state index contributed by atoms with van der Waals surface area (Å²) in [5.41, 5.74) is 1.01. The van der Waals surface area contributed by atoms with E-state index in [2.05, 4.69) is 15.4 Å². The van der Waals surface area contributed by atoms with E-state index in [1.165, 1.54) is 29.8 Å². The summed E-state index contributed by atoms with van der Waals surface area (Å²) in [5, 5.41) is 28.5. The van der Waals surface area contributed by atoms with Crippen LogP contribution < -0.4 is 14.9 Å². The number of fused-ring (bicyclic) bond motifs is 2. The molecule has 13 heteroatoms. The molecule has 2 atom stereocenters. The Morgan fingerprint density at radius 3 is 2.50 bits per heavy atom. The van der Waals surface area contributed by atoms with Crippen molar-refractivity contribution in [3.63, 3.8) is 0 Å². The molecule has 4 N–H and O–H groups in total. The Bertz CT molecular complexity index is 1920. The molecule has 0 aliphatic carbocycles. The number of para-hydroxylation sites is 1.